The van der Waals surface area contributed by atoms with Crippen LogP contribution in [0.1, 0.15) is 11.1 Å². The summed E-state index contributed by atoms with van der Waals surface area (Å²) in [7, 11) is -1.49. The zero-order chi connectivity index (χ0) is 13.9. The van der Waals surface area contributed by atoms with E-state index >= 15 is 0 Å². The third-order valence-electron chi connectivity index (χ3n) is 2.90. The Morgan fingerprint density at radius 1 is 0.947 bits per heavy atom. The van der Waals surface area contributed by atoms with Crippen LogP contribution in [-0.4, -0.2) is 9.79 Å². The van der Waals surface area contributed by atoms with E-state index in [2.05, 4.69) is 21.4 Å². The molecule has 0 aromatic heterocycles. The second-order valence-electron chi connectivity index (χ2n) is 4.46. The summed E-state index contributed by atoms with van der Waals surface area (Å²) >= 11 is 0. The van der Waals surface area contributed by atoms with Crippen LogP contribution < -0.4 is 10.6 Å². The molecule has 1 unspecified atom stereocenters. The molecule has 0 radical (unpaired) electrons. The van der Waals surface area contributed by atoms with Crippen LogP contribution in [0.15, 0.2) is 48.5 Å². The van der Waals surface area contributed by atoms with Crippen molar-refractivity contribution < 1.29 is 14.4 Å². The standard InChI is InChI=1S/C14H16O3P2/c15-19(16,17)14-6-2-4-12(10-14)8-7-11-3-1-5-13(18)9-11/h1-6,9-10H,7-8,18H2,(H2,15,16,17). The quantitative estimate of drug-likeness (QED) is 0.845. The van der Waals surface area contributed by atoms with E-state index in [0.29, 0.717) is 0 Å². The van der Waals surface area contributed by atoms with Gasteiger partial charge in [0.05, 0.1) is 5.30 Å². The summed E-state index contributed by atoms with van der Waals surface area (Å²) in [6.45, 7) is 0. The monoisotopic (exact) mass is 294 g/mol. The van der Waals surface area contributed by atoms with Crippen LogP contribution >= 0.6 is 16.8 Å². The fraction of sp³-hybridized carbons (Fsp3) is 0.143. The lowest BCUT2D eigenvalue weighted by atomic mass is 10.0. The Bertz CT molecular complexity index is 620. The SMILES string of the molecule is O=P(O)(O)c1cccc(CCc2cccc(P)c2)c1. The lowest BCUT2D eigenvalue weighted by Gasteiger charge is -2.07. The van der Waals surface area contributed by atoms with E-state index in [4.69, 9.17) is 9.79 Å². The molecule has 3 nitrogen and oxygen atoms in total. The smallest absolute Gasteiger partial charge is 0.321 e. The Balaban J connectivity index is 2.10. The number of rotatable bonds is 4. The molecule has 5 heteroatoms. The first-order valence-electron chi connectivity index (χ1n) is 5.94. The lowest BCUT2D eigenvalue weighted by molar-refractivity contribution is 0.387. The van der Waals surface area contributed by atoms with E-state index in [-0.39, 0.29) is 5.30 Å². The van der Waals surface area contributed by atoms with Crippen LogP contribution in [0, 0.1) is 0 Å². The average molecular weight is 294 g/mol. The van der Waals surface area contributed by atoms with Gasteiger partial charge < -0.3 is 9.79 Å². The minimum atomic E-state index is -4.15. The van der Waals surface area contributed by atoms with Crippen molar-refractivity contribution >= 4 is 27.4 Å². The van der Waals surface area contributed by atoms with Crippen molar-refractivity contribution in [2.45, 2.75) is 12.8 Å². The van der Waals surface area contributed by atoms with Gasteiger partial charge in [-0.25, -0.2) is 0 Å². The topological polar surface area (TPSA) is 57.5 Å². The largest absolute Gasteiger partial charge is 0.356 e. The summed E-state index contributed by atoms with van der Waals surface area (Å²) in [5, 5.41) is 1.23. The van der Waals surface area contributed by atoms with Gasteiger partial charge in [-0.15, -0.1) is 9.24 Å². The first kappa shape index (κ1) is 14.4. The number of hydrogen-bond donors (Lipinski definition) is 2. The van der Waals surface area contributed by atoms with Crippen molar-refractivity contribution in [3.63, 3.8) is 0 Å². The van der Waals surface area contributed by atoms with Crippen LogP contribution in [0.3, 0.4) is 0 Å². The van der Waals surface area contributed by atoms with Gasteiger partial charge in [0.25, 0.3) is 0 Å². The van der Waals surface area contributed by atoms with Crippen LogP contribution in [0.4, 0.5) is 0 Å². The highest BCUT2D eigenvalue weighted by atomic mass is 31.2. The van der Waals surface area contributed by atoms with Gasteiger partial charge in [-0.1, -0.05) is 36.4 Å². The van der Waals surface area contributed by atoms with Crippen molar-refractivity contribution in [1.82, 2.24) is 0 Å². The third kappa shape index (κ3) is 4.26. The molecule has 2 N–H and O–H groups in total. The second kappa shape index (κ2) is 5.98. The van der Waals surface area contributed by atoms with E-state index in [1.54, 1.807) is 12.1 Å². The van der Waals surface area contributed by atoms with Crippen LogP contribution in [0.25, 0.3) is 0 Å². The van der Waals surface area contributed by atoms with E-state index in [0.717, 1.165) is 23.7 Å². The molecule has 2 aromatic carbocycles. The normalized spacial score (nSPS) is 11.5. The number of aryl methyl sites for hydroxylation is 2. The van der Waals surface area contributed by atoms with Crippen LogP contribution in [-0.2, 0) is 17.4 Å². The Kier molecular flexibility index (Phi) is 4.54. The van der Waals surface area contributed by atoms with Gasteiger partial charge in [-0.3, -0.25) is 4.57 Å². The predicted octanol–water partition coefficient (Wildman–Crippen LogP) is 1.78. The van der Waals surface area contributed by atoms with Crippen molar-refractivity contribution in [2.24, 2.45) is 0 Å². The van der Waals surface area contributed by atoms with Gasteiger partial charge in [0, 0.05) is 0 Å². The molecular weight excluding hydrogens is 278 g/mol. The molecule has 0 heterocycles. The molecular formula is C14H16O3P2. The van der Waals surface area contributed by atoms with Crippen molar-refractivity contribution in [1.29, 1.82) is 0 Å². The Morgan fingerprint density at radius 3 is 2.11 bits per heavy atom. The molecule has 0 aliphatic carbocycles. The fourth-order valence-electron chi connectivity index (χ4n) is 1.93. The van der Waals surface area contributed by atoms with Gasteiger partial charge >= 0.3 is 7.60 Å². The molecule has 0 saturated carbocycles. The predicted molar refractivity (Wildman–Crippen MR) is 81.3 cm³/mol. The Hall–Kier alpha value is -0.980. The molecule has 0 aliphatic rings. The first-order valence-corrected chi connectivity index (χ1v) is 8.13. The van der Waals surface area contributed by atoms with E-state index < -0.39 is 7.60 Å². The van der Waals surface area contributed by atoms with Gasteiger partial charge in [-0.2, -0.15) is 0 Å². The maximum atomic E-state index is 11.2. The van der Waals surface area contributed by atoms with E-state index in [1.165, 1.54) is 11.6 Å². The summed E-state index contributed by atoms with van der Waals surface area (Å²) in [6, 6.07) is 14.8. The highest BCUT2D eigenvalue weighted by Crippen LogP contribution is 2.33. The van der Waals surface area contributed by atoms with E-state index in [1.807, 2.05) is 18.2 Å². The highest BCUT2D eigenvalue weighted by Gasteiger charge is 2.16. The van der Waals surface area contributed by atoms with Gasteiger partial charge in [0.15, 0.2) is 0 Å². The molecule has 19 heavy (non-hydrogen) atoms. The molecule has 1 atom stereocenters. The average Bonchev–Trinajstić information content (AvgIpc) is 2.36. The number of hydrogen-bond acceptors (Lipinski definition) is 1. The zero-order valence-electron chi connectivity index (χ0n) is 10.4. The summed E-state index contributed by atoms with van der Waals surface area (Å²) < 4.78 is 11.2. The van der Waals surface area contributed by atoms with Crippen molar-refractivity contribution in [3.8, 4) is 0 Å². The summed E-state index contributed by atoms with van der Waals surface area (Å²) in [6.07, 6.45) is 1.62. The Morgan fingerprint density at radius 2 is 1.53 bits per heavy atom. The minimum Gasteiger partial charge on any atom is -0.321 e. The minimum absolute atomic E-state index is 0.0878. The van der Waals surface area contributed by atoms with Gasteiger partial charge in [0.1, 0.15) is 0 Å². The first-order chi connectivity index (χ1) is 8.95. The molecule has 100 valence electrons. The number of benzene rings is 2. The van der Waals surface area contributed by atoms with Gasteiger partial charge in [-0.05, 0) is 41.4 Å². The molecule has 0 aliphatic heterocycles. The maximum Gasteiger partial charge on any atom is 0.356 e. The third-order valence-corrected chi connectivity index (χ3v) is 4.21. The molecule has 0 amide bonds. The molecule has 2 aromatic rings. The summed E-state index contributed by atoms with van der Waals surface area (Å²) in [5.41, 5.74) is 2.16. The summed E-state index contributed by atoms with van der Waals surface area (Å²) in [5.74, 6) is 0. The molecule has 0 fully saturated rings. The Labute approximate surface area is 115 Å². The second-order valence-corrected chi connectivity index (χ2v) is 6.73. The van der Waals surface area contributed by atoms with Crippen molar-refractivity contribution in [2.75, 3.05) is 0 Å². The lowest BCUT2D eigenvalue weighted by Crippen LogP contribution is -2.05. The fourth-order valence-corrected chi connectivity index (χ4v) is 2.87. The molecule has 0 spiro atoms. The zero-order valence-corrected chi connectivity index (χ0v) is 12.4. The van der Waals surface area contributed by atoms with E-state index in [9.17, 15) is 4.57 Å². The highest BCUT2D eigenvalue weighted by molar-refractivity contribution is 7.60. The van der Waals surface area contributed by atoms with Crippen molar-refractivity contribution in [3.05, 3.63) is 59.7 Å². The molecule has 0 saturated heterocycles. The summed E-state index contributed by atoms with van der Waals surface area (Å²) in [4.78, 5) is 18.3. The van der Waals surface area contributed by atoms with Crippen LogP contribution in [0.5, 0.6) is 0 Å². The van der Waals surface area contributed by atoms with Gasteiger partial charge in [0.2, 0.25) is 0 Å². The molecule has 0 bridgehead atoms. The molecule has 2 rings (SSSR count). The maximum absolute atomic E-state index is 11.2. The van der Waals surface area contributed by atoms with Crippen LogP contribution in [0.2, 0.25) is 0 Å².